The molecule has 1 aromatic carbocycles. The molecule has 0 aliphatic rings. The van der Waals surface area contributed by atoms with Crippen molar-refractivity contribution in [2.24, 2.45) is 16.5 Å². The Bertz CT molecular complexity index is 384. The van der Waals surface area contributed by atoms with E-state index in [1.54, 1.807) is 12.1 Å². The molecule has 0 aliphatic carbocycles. The molecule has 0 fully saturated rings. The highest BCUT2D eigenvalue weighted by molar-refractivity contribution is 5.88. The number of halogens is 1. The van der Waals surface area contributed by atoms with E-state index in [-0.39, 0.29) is 24.4 Å². The van der Waals surface area contributed by atoms with E-state index < -0.39 is 0 Å². The lowest BCUT2D eigenvalue weighted by Crippen LogP contribution is -2.24. The van der Waals surface area contributed by atoms with Gasteiger partial charge in [-0.3, -0.25) is 0 Å². The molecule has 5 nitrogen and oxygen atoms in total. The number of nitrogens with zero attached hydrogens (tertiary/aromatic N) is 1. The van der Waals surface area contributed by atoms with Crippen molar-refractivity contribution in [2.45, 2.75) is 6.42 Å². The van der Waals surface area contributed by atoms with Crippen molar-refractivity contribution in [1.82, 2.24) is 0 Å². The van der Waals surface area contributed by atoms with Crippen molar-refractivity contribution in [3.05, 3.63) is 35.6 Å². The summed E-state index contributed by atoms with van der Waals surface area (Å²) in [5, 5.41) is 7.19. The third kappa shape index (κ3) is 4.41. The molecule has 0 bridgehead atoms. The van der Waals surface area contributed by atoms with Crippen LogP contribution < -0.4 is 11.5 Å². The highest BCUT2D eigenvalue weighted by Gasteiger charge is 1.97. The summed E-state index contributed by atoms with van der Waals surface area (Å²) in [5.41, 5.74) is 11.0. The highest BCUT2D eigenvalue weighted by atomic mass is 19.1. The zero-order valence-electron chi connectivity index (χ0n) is 8.61. The van der Waals surface area contributed by atoms with E-state index in [0.717, 1.165) is 5.56 Å². The number of ether oxygens (including phenoxy) is 1. The summed E-state index contributed by atoms with van der Waals surface area (Å²) in [4.78, 5) is 3.40. The van der Waals surface area contributed by atoms with Crippen LogP contribution in [0, 0.1) is 11.2 Å². The molecule has 0 heterocycles. The van der Waals surface area contributed by atoms with Crippen LogP contribution in [0.15, 0.2) is 29.3 Å². The zero-order chi connectivity index (χ0) is 12.0. The third-order valence-electron chi connectivity index (χ3n) is 1.77. The van der Waals surface area contributed by atoms with Gasteiger partial charge in [-0.15, -0.1) is 0 Å². The Morgan fingerprint density at radius 2 is 1.94 bits per heavy atom. The van der Waals surface area contributed by atoms with Gasteiger partial charge in [0.2, 0.25) is 0 Å². The number of hydrogen-bond donors (Lipinski definition) is 3. The average molecular weight is 224 g/mol. The molecule has 1 aromatic rings. The third-order valence-corrected chi connectivity index (χ3v) is 1.77. The van der Waals surface area contributed by atoms with E-state index in [1.165, 1.54) is 12.1 Å². The van der Waals surface area contributed by atoms with Crippen LogP contribution in [0.4, 0.5) is 4.39 Å². The second-order valence-corrected chi connectivity index (χ2v) is 3.07. The molecule has 0 radical (unpaired) electrons. The summed E-state index contributed by atoms with van der Waals surface area (Å²) in [7, 11) is 0. The Balaban J connectivity index is 2.33. The van der Waals surface area contributed by atoms with Crippen LogP contribution in [0.3, 0.4) is 0 Å². The number of hydrogen-bond acceptors (Lipinski definition) is 2. The standard InChI is InChI=1S/C10H13FN4O/c11-8-3-1-7(2-4-8)5-6-16-10(14)15-9(12)13/h1-4H,5-6H2,(H5,12,13,14,15). The molecular weight excluding hydrogens is 211 g/mol. The lowest BCUT2D eigenvalue weighted by Gasteiger charge is -2.03. The largest absolute Gasteiger partial charge is 0.463 e. The van der Waals surface area contributed by atoms with E-state index in [9.17, 15) is 4.39 Å². The quantitative estimate of drug-likeness (QED) is 0.517. The van der Waals surface area contributed by atoms with Crippen molar-refractivity contribution < 1.29 is 9.13 Å². The second kappa shape index (κ2) is 5.69. The Kier molecular flexibility index (Phi) is 4.26. The minimum absolute atomic E-state index is 0.216. The summed E-state index contributed by atoms with van der Waals surface area (Å²) >= 11 is 0. The molecule has 0 spiro atoms. The van der Waals surface area contributed by atoms with Crippen LogP contribution in [-0.4, -0.2) is 18.6 Å². The minimum Gasteiger partial charge on any atom is -0.463 e. The first-order valence-electron chi connectivity index (χ1n) is 4.63. The predicted molar refractivity (Wildman–Crippen MR) is 59.6 cm³/mol. The summed E-state index contributed by atoms with van der Waals surface area (Å²) < 4.78 is 17.5. The molecule has 86 valence electrons. The summed E-state index contributed by atoms with van der Waals surface area (Å²) in [6, 6.07) is 5.72. The molecular formula is C10H13FN4O. The summed E-state index contributed by atoms with van der Waals surface area (Å²) in [6.45, 7) is 0.265. The van der Waals surface area contributed by atoms with Gasteiger partial charge in [0.1, 0.15) is 5.82 Å². The lowest BCUT2D eigenvalue weighted by molar-refractivity contribution is 0.301. The second-order valence-electron chi connectivity index (χ2n) is 3.07. The van der Waals surface area contributed by atoms with Gasteiger partial charge in [0, 0.05) is 6.42 Å². The number of nitrogens with two attached hydrogens (primary N) is 2. The van der Waals surface area contributed by atoms with Crippen LogP contribution in [0.2, 0.25) is 0 Å². The number of benzene rings is 1. The highest BCUT2D eigenvalue weighted by Crippen LogP contribution is 2.03. The maximum Gasteiger partial charge on any atom is 0.312 e. The average Bonchev–Trinajstić information content (AvgIpc) is 2.20. The summed E-state index contributed by atoms with van der Waals surface area (Å²) in [6.07, 6.45) is 0.558. The maximum atomic E-state index is 12.6. The summed E-state index contributed by atoms with van der Waals surface area (Å²) in [5.74, 6) is -0.496. The fourth-order valence-electron chi connectivity index (χ4n) is 1.07. The number of amidine groups is 1. The predicted octanol–water partition coefficient (Wildman–Crippen LogP) is 0.593. The monoisotopic (exact) mass is 224 g/mol. The zero-order valence-corrected chi connectivity index (χ0v) is 8.61. The van der Waals surface area contributed by atoms with Crippen molar-refractivity contribution >= 4 is 12.0 Å². The van der Waals surface area contributed by atoms with E-state index >= 15 is 0 Å². The first-order chi connectivity index (χ1) is 7.58. The van der Waals surface area contributed by atoms with Gasteiger partial charge >= 0.3 is 6.02 Å². The molecule has 1 rings (SSSR count). The van der Waals surface area contributed by atoms with E-state index in [1.807, 2.05) is 0 Å². The Hall–Kier alpha value is -2.11. The molecule has 0 aliphatic heterocycles. The normalized spacial score (nSPS) is 9.56. The van der Waals surface area contributed by atoms with Crippen molar-refractivity contribution in [1.29, 1.82) is 5.41 Å². The van der Waals surface area contributed by atoms with Crippen molar-refractivity contribution in [3.8, 4) is 0 Å². The smallest absolute Gasteiger partial charge is 0.312 e. The van der Waals surface area contributed by atoms with Crippen LogP contribution in [0.5, 0.6) is 0 Å². The van der Waals surface area contributed by atoms with Gasteiger partial charge in [0.15, 0.2) is 5.96 Å². The number of rotatable bonds is 3. The van der Waals surface area contributed by atoms with Gasteiger partial charge in [0.05, 0.1) is 6.61 Å². The number of guanidine groups is 1. The SMILES string of the molecule is N=C(N=C(N)N)OCCc1ccc(F)cc1. The molecule has 6 heteroatoms. The van der Waals surface area contributed by atoms with Gasteiger partial charge in [-0.2, -0.15) is 4.99 Å². The molecule has 0 unspecified atom stereocenters. The Morgan fingerprint density at radius 3 is 2.50 bits per heavy atom. The first-order valence-corrected chi connectivity index (χ1v) is 4.63. The van der Waals surface area contributed by atoms with Crippen LogP contribution in [0.1, 0.15) is 5.56 Å². The molecule has 0 saturated heterocycles. The molecule has 0 aromatic heterocycles. The molecule has 0 amide bonds. The molecule has 16 heavy (non-hydrogen) atoms. The van der Waals surface area contributed by atoms with E-state index in [4.69, 9.17) is 21.6 Å². The molecule has 5 N–H and O–H groups in total. The van der Waals surface area contributed by atoms with Crippen LogP contribution >= 0.6 is 0 Å². The van der Waals surface area contributed by atoms with Crippen molar-refractivity contribution in [2.75, 3.05) is 6.61 Å². The molecule has 0 atom stereocenters. The van der Waals surface area contributed by atoms with E-state index in [0.29, 0.717) is 6.42 Å². The van der Waals surface area contributed by atoms with Gasteiger partial charge in [-0.1, -0.05) is 12.1 Å². The minimum atomic E-state index is -0.331. The first kappa shape index (κ1) is 12.0. The van der Waals surface area contributed by atoms with Gasteiger partial charge in [-0.25, -0.2) is 9.80 Å². The number of nitrogens with one attached hydrogen (secondary N) is 1. The lowest BCUT2D eigenvalue weighted by atomic mass is 10.2. The maximum absolute atomic E-state index is 12.6. The Labute approximate surface area is 92.4 Å². The van der Waals surface area contributed by atoms with Gasteiger partial charge < -0.3 is 16.2 Å². The fourth-order valence-corrected chi connectivity index (χ4v) is 1.07. The molecule has 0 saturated carbocycles. The van der Waals surface area contributed by atoms with E-state index in [2.05, 4.69) is 4.99 Å². The van der Waals surface area contributed by atoms with Gasteiger partial charge in [0.25, 0.3) is 0 Å². The van der Waals surface area contributed by atoms with Crippen LogP contribution in [0.25, 0.3) is 0 Å². The van der Waals surface area contributed by atoms with Crippen molar-refractivity contribution in [3.63, 3.8) is 0 Å². The van der Waals surface area contributed by atoms with Crippen LogP contribution in [-0.2, 0) is 11.2 Å². The topological polar surface area (TPSA) is 97.5 Å². The fraction of sp³-hybridized carbons (Fsp3) is 0.200. The van der Waals surface area contributed by atoms with Gasteiger partial charge in [-0.05, 0) is 17.7 Å². The number of aliphatic imine (C=N–C) groups is 1. The Morgan fingerprint density at radius 1 is 1.31 bits per heavy atom.